The summed E-state index contributed by atoms with van der Waals surface area (Å²) in [6.45, 7) is 3.73. The molecule has 152 valence electrons. The average molecular weight is 394 g/mol. The summed E-state index contributed by atoms with van der Waals surface area (Å²) < 4.78 is 0. The fraction of sp³-hybridized carbons (Fsp3) is 0.318. The minimum Gasteiger partial charge on any atom is -0.376 e. The van der Waals surface area contributed by atoms with Crippen LogP contribution in [0.3, 0.4) is 0 Å². The number of benzene rings is 2. The van der Waals surface area contributed by atoms with Crippen molar-refractivity contribution in [1.82, 2.24) is 0 Å². The van der Waals surface area contributed by atoms with E-state index in [2.05, 4.69) is 21.3 Å². The van der Waals surface area contributed by atoms with Gasteiger partial charge in [-0.25, -0.2) is 0 Å². The molecule has 0 radical (unpaired) electrons. The Balaban J connectivity index is 1.56. The van der Waals surface area contributed by atoms with Gasteiger partial charge in [-0.1, -0.05) is 19.1 Å². The molecule has 4 N–H and O–H groups in total. The molecule has 2 aromatic rings. The zero-order chi connectivity index (χ0) is 20.8. The Bertz CT molecular complexity index is 922. The van der Waals surface area contributed by atoms with Gasteiger partial charge in [0.15, 0.2) is 0 Å². The molecule has 7 heteroatoms. The Kier molecular flexibility index (Phi) is 6.49. The first kappa shape index (κ1) is 20.4. The molecule has 3 rings (SSSR count). The number of rotatable bonds is 8. The van der Waals surface area contributed by atoms with E-state index in [1.165, 1.54) is 0 Å². The lowest BCUT2D eigenvalue weighted by molar-refractivity contribution is -0.117. The molecular weight excluding hydrogens is 368 g/mol. The van der Waals surface area contributed by atoms with Crippen molar-refractivity contribution in [1.29, 1.82) is 0 Å². The Morgan fingerprint density at radius 1 is 0.897 bits per heavy atom. The molecular formula is C22H26N4O3. The van der Waals surface area contributed by atoms with E-state index in [0.717, 1.165) is 24.1 Å². The van der Waals surface area contributed by atoms with E-state index < -0.39 is 0 Å². The Hall–Kier alpha value is -3.35. The maximum atomic E-state index is 12.4. The molecule has 0 unspecified atom stereocenters. The van der Waals surface area contributed by atoms with Gasteiger partial charge in [-0.05, 0) is 55.7 Å². The fourth-order valence-corrected chi connectivity index (χ4v) is 2.82. The second-order valence-electron chi connectivity index (χ2n) is 7.13. The van der Waals surface area contributed by atoms with Crippen LogP contribution in [0.15, 0.2) is 42.5 Å². The quantitative estimate of drug-likeness (QED) is 0.548. The van der Waals surface area contributed by atoms with Gasteiger partial charge in [-0.3, -0.25) is 14.4 Å². The molecule has 1 aliphatic carbocycles. The monoisotopic (exact) mass is 394 g/mol. The minimum atomic E-state index is -0.207. The third kappa shape index (κ3) is 5.81. The molecule has 2 aromatic carbocycles. The summed E-state index contributed by atoms with van der Waals surface area (Å²) in [5, 5.41) is 11.6. The molecule has 0 spiro atoms. The van der Waals surface area contributed by atoms with Gasteiger partial charge in [0, 0.05) is 35.1 Å². The Morgan fingerprint density at radius 2 is 1.55 bits per heavy atom. The topological polar surface area (TPSA) is 99.3 Å². The first-order valence-corrected chi connectivity index (χ1v) is 9.80. The average Bonchev–Trinajstić information content (AvgIpc) is 3.55. The summed E-state index contributed by atoms with van der Waals surface area (Å²) in [6, 6.07) is 12.7. The van der Waals surface area contributed by atoms with Crippen LogP contribution >= 0.6 is 0 Å². The van der Waals surface area contributed by atoms with Crippen LogP contribution in [0.25, 0.3) is 0 Å². The second kappa shape index (κ2) is 9.23. The van der Waals surface area contributed by atoms with Crippen LogP contribution in [0.5, 0.6) is 0 Å². The van der Waals surface area contributed by atoms with Crippen LogP contribution in [-0.2, 0) is 14.4 Å². The summed E-state index contributed by atoms with van der Waals surface area (Å²) in [4.78, 5) is 35.9. The van der Waals surface area contributed by atoms with E-state index in [4.69, 9.17) is 0 Å². The first-order chi connectivity index (χ1) is 14.0. The molecule has 1 aliphatic rings. The SMILES string of the molecule is CCC(=O)Nc1cccc(NCC(=O)Nc2cccc(NC(=O)C3CC3)c2C)c1. The molecule has 0 aliphatic heterocycles. The van der Waals surface area contributed by atoms with Crippen LogP contribution in [-0.4, -0.2) is 24.3 Å². The Labute approximate surface area is 170 Å². The number of anilines is 4. The second-order valence-corrected chi connectivity index (χ2v) is 7.13. The molecule has 3 amide bonds. The smallest absolute Gasteiger partial charge is 0.243 e. The van der Waals surface area contributed by atoms with Crippen molar-refractivity contribution in [2.24, 2.45) is 5.92 Å². The van der Waals surface area contributed by atoms with E-state index >= 15 is 0 Å². The van der Waals surface area contributed by atoms with Crippen molar-refractivity contribution >= 4 is 40.5 Å². The number of nitrogens with one attached hydrogen (secondary N) is 4. The summed E-state index contributed by atoms with van der Waals surface area (Å²) >= 11 is 0. The number of carbonyl (C=O) groups excluding carboxylic acids is 3. The molecule has 7 nitrogen and oxygen atoms in total. The largest absolute Gasteiger partial charge is 0.376 e. The van der Waals surface area contributed by atoms with Gasteiger partial charge in [0.25, 0.3) is 0 Å². The van der Waals surface area contributed by atoms with Gasteiger partial charge >= 0.3 is 0 Å². The van der Waals surface area contributed by atoms with Gasteiger partial charge in [0.2, 0.25) is 17.7 Å². The zero-order valence-corrected chi connectivity index (χ0v) is 16.7. The van der Waals surface area contributed by atoms with Crippen molar-refractivity contribution in [2.45, 2.75) is 33.1 Å². The van der Waals surface area contributed by atoms with E-state index in [0.29, 0.717) is 23.5 Å². The maximum Gasteiger partial charge on any atom is 0.243 e. The van der Waals surface area contributed by atoms with Crippen molar-refractivity contribution in [3.8, 4) is 0 Å². The van der Waals surface area contributed by atoms with Crippen LogP contribution < -0.4 is 21.3 Å². The van der Waals surface area contributed by atoms with E-state index in [-0.39, 0.29) is 30.2 Å². The molecule has 0 atom stereocenters. The number of hydrogen-bond donors (Lipinski definition) is 4. The predicted octanol–water partition coefficient (Wildman–Crippen LogP) is 3.74. The lowest BCUT2D eigenvalue weighted by Gasteiger charge is -2.14. The van der Waals surface area contributed by atoms with Gasteiger partial charge in [0.05, 0.1) is 6.54 Å². The highest BCUT2D eigenvalue weighted by Gasteiger charge is 2.29. The van der Waals surface area contributed by atoms with Crippen LogP contribution in [0, 0.1) is 12.8 Å². The number of amides is 3. The van der Waals surface area contributed by atoms with Gasteiger partial charge in [-0.15, -0.1) is 0 Å². The molecule has 29 heavy (non-hydrogen) atoms. The fourth-order valence-electron chi connectivity index (χ4n) is 2.82. The van der Waals surface area contributed by atoms with Crippen molar-refractivity contribution in [2.75, 3.05) is 27.8 Å². The van der Waals surface area contributed by atoms with Crippen LogP contribution in [0.4, 0.5) is 22.7 Å². The number of hydrogen-bond acceptors (Lipinski definition) is 4. The highest BCUT2D eigenvalue weighted by Crippen LogP contribution is 2.31. The predicted molar refractivity (Wildman–Crippen MR) is 115 cm³/mol. The van der Waals surface area contributed by atoms with Gasteiger partial charge in [0.1, 0.15) is 0 Å². The lowest BCUT2D eigenvalue weighted by Crippen LogP contribution is -2.22. The highest BCUT2D eigenvalue weighted by molar-refractivity contribution is 5.98. The third-order valence-electron chi connectivity index (χ3n) is 4.73. The van der Waals surface area contributed by atoms with Crippen LogP contribution in [0.2, 0.25) is 0 Å². The normalized spacial score (nSPS) is 12.8. The van der Waals surface area contributed by atoms with E-state index in [9.17, 15) is 14.4 Å². The zero-order valence-electron chi connectivity index (χ0n) is 16.7. The number of carbonyl (C=O) groups is 3. The summed E-state index contributed by atoms with van der Waals surface area (Å²) in [7, 11) is 0. The van der Waals surface area contributed by atoms with Gasteiger partial charge in [-0.2, -0.15) is 0 Å². The Morgan fingerprint density at radius 3 is 2.24 bits per heavy atom. The highest BCUT2D eigenvalue weighted by atomic mass is 16.2. The standard InChI is InChI=1S/C22H26N4O3/c1-3-20(27)24-17-7-4-6-16(12-17)23-13-21(28)25-18-8-5-9-19(14(18)2)26-22(29)15-10-11-15/h4-9,12,15,23H,3,10-11,13H2,1-2H3,(H,24,27)(H,25,28)(H,26,29). The van der Waals surface area contributed by atoms with Crippen LogP contribution in [0.1, 0.15) is 31.7 Å². The molecule has 0 aromatic heterocycles. The maximum absolute atomic E-state index is 12.4. The van der Waals surface area contributed by atoms with E-state index in [1.807, 2.05) is 25.1 Å². The summed E-state index contributed by atoms with van der Waals surface area (Å²) in [6.07, 6.45) is 2.28. The van der Waals surface area contributed by atoms with Crippen molar-refractivity contribution < 1.29 is 14.4 Å². The van der Waals surface area contributed by atoms with Crippen molar-refractivity contribution in [3.63, 3.8) is 0 Å². The molecule has 0 saturated heterocycles. The summed E-state index contributed by atoms with van der Waals surface area (Å²) in [5.74, 6) is -0.117. The minimum absolute atomic E-state index is 0.0355. The lowest BCUT2D eigenvalue weighted by atomic mass is 10.1. The van der Waals surface area contributed by atoms with Crippen molar-refractivity contribution in [3.05, 3.63) is 48.0 Å². The molecule has 0 heterocycles. The third-order valence-corrected chi connectivity index (χ3v) is 4.73. The molecule has 1 saturated carbocycles. The van der Waals surface area contributed by atoms with E-state index in [1.54, 1.807) is 31.2 Å². The molecule has 0 bridgehead atoms. The molecule has 1 fully saturated rings. The summed E-state index contributed by atoms with van der Waals surface area (Å²) in [5.41, 5.74) is 3.61. The van der Waals surface area contributed by atoms with Gasteiger partial charge < -0.3 is 21.3 Å². The first-order valence-electron chi connectivity index (χ1n) is 9.80.